The second kappa shape index (κ2) is 6.88. The SMILES string of the molecule is CCCCNC(=O)OC1CC2CCCC(=O)N3CCC(C1)C23. The third-order valence-electron chi connectivity index (χ3n) is 5.56. The van der Waals surface area contributed by atoms with Crippen LogP contribution in [0.4, 0.5) is 4.79 Å². The van der Waals surface area contributed by atoms with Crippen LogP contribution in [0.3, 0.4) is 0 Å². The van der Waals surface area contributed by atoms with Gasteiger partial charge in [0, 0.05) is 25.6 Å². The molecule has 2 aliphatic heterocycles. The fraction of sp³-hybridized carbons (Fsp3) is 0.882. The summed E-state index contributed by atoms with van der Waals surface area (Å²) in [5.41, 5.74) is 0. The third kappa shape index (κ3) is 3.23. The van der Waals surface area contributed by atoms with Gasteiger partial charge >= 0.3 is 6.09 Å². The molecule has 0 aromatic carbocycles. The summed E-state index contributed by atoms with van der Waals surface area (Å²) in [5.74, 6) is 1.38. The average molecular weight is 308 g/mol. The Morgan fingerprint density at radius 3 is 2.86 bits per heavy atom. The van der Waals surface area contributed by atoms with Crippen LogP contribution in [0.25, 0.3) is 0 Å². The Kier molecular flexibility index (Phi) is 4.89. The van der Waals surface area contributed by atoms with Gasteiger partial charge in [0.2, 0.25) is 5.91 Å². The number of unbranched alkanes of at least 4 members (excludes halogenated alkanes) is 1. The van der Waals surface area contributed by atoms with Crippen molar-refractivity contribution in [2.45, 2.75) is 70.4 Å². The van der Waals surface area contributed by atoms with Crippen molar-refractivity contribution in [2.75, 3.05) is 13.1 Å². The topological polar surface area (TPSA) is 58.6 Å². The van der Waals surface area contributed by atoms with Gasteiger partial charge in [-0.25, -0.2) is 4.79 Å². The van der Waals surface area contributed by atoms with Crippen LogP contribution in [0.5, 0.6) is 0 Å². The summed E-state index contributed by atoms with van der Waals surface area (Å²) in [5, 5.41) is 2.84. The molecule has 0 aromatic heterocycles. The molecule has 1 N–H and O–H groups in total. The minimum Gasteiger partial charge on any atom is -0.446 e. The highest BCUT2D eigenvalue weighted by atomic mass is 16.6. The van der Waals surface area contributed by atoms with Gasteiger partial charge < -0.3 is 15.0 Å². The maximum absolute atomic E-state index is 12.2. The van der Waals surface area contributed by atoms with Crippen molar-refractivity contribution in [3.8, 4) is 0 Å². The van der Waals surface area contributed by atoms with E-state index in [-0.39, 0.29) is 12.2 Å². The number of rotatable bonds is 4. The Bertz CT molecular complexity index is 426. The summed E-state index contributed by atoms with van der Waals surface area (Å²) in [7, 11) is 0. The fourth-order valence-electron chi connectivity index (χ4n) is 4.58. The molecule has 5 heteroatoms. The minimum absolute atomic E-state index is 0.0287. The van der Waals surface area contributed by atoms with Crippen molar-refractivity contribution < 1.29 is 14.3 Å². The van der Waals surface area contributed by atoms with Gasteiger partial charge in [0.05, 0.1) is 0 Å². The van der Waals surface area contributed by atoms with E-state index in [9.17, 15) is 9.59 Å². The van der Waals surface area contributed by atoms with E-state index in [1.165, 1.54) is 0 Å². The molecule has 2 saturated heterocycles. The number of amides is 2. The van der Waals surface area contributed by atoms with Crippen LogP contribution in [0.2, 0.25) is 0 Å². The molecule has 0 aromatic rings. The second-order valence-electron chi connectivity index (χ2n) is 7.06. The molecule has 22 heavy (non-hydrogen) atoms. The standard InChI is InChI=1S/C17H28N2O3/c1-2-3-8-18-17(21)22-14-10-12-5-4-6-15(20)19-9-7-13(11-14)16(12)19/h12-14,16H,2-11H2,1H3,(H,18,21). The first-order valence-corrected chi connectivity index (χ1v) is 8.93. The van der Waals surface area contributed by atoms with Gasteiger partial charge in [-0.3, -0.25) is 4.79 Å². The molecule has 1 aliphatic carbocycles. The quantitative estimate of drug-likeness (QED) is 0.812. The van der Waals surface area contributed by atoms with Gasteiger partial charge in [0.1, 0.15) is 6.10 Å². The first-order chi connectivity index (χ1) is 10.7. The van der Waals surface area contributed by atoms with E-state index in [0.717, 1.165) is 51.5 Å². The van der Waals surface area contributed by atoms with Crippen LogP contribution < -0.4 is 5.32 Å². The lowest BCUT2D eigenvalue weighted by molar-refractivity contribution is -0.133. The number of hydrogen-bond donors (Lipinski definition) is 1. The zero-order valence-electron chi connectivity index (χ0n) is 13.6. The van der Waals surface area contributed by atoms with Gasteiger partial charge in [0.25, 0.3) is 0 Å². The maximum Gasteiger partial charge on any atom is 0.407 e. The van der Waals surface area contributed by atoms with Gasteiger partial charge in [-0.15, -0.1) is 0 Å². The molecule has 0 bridgehead atoms. The lowest BCUT2D eigenvalue weighted by Gasteiger charge is -2.40. The Morgan fingerprint density at radius 1 is 1.32 bits per heavy atom. The second-order valence-corrected chi connectivity index (χ2v) is 7.06. The zero-order valence-corrected chi connectivity index (χ0v) is 13.6. The molecular formula is C17H28N2O3. The first kappa shape index (κ1) is 15.6. The van der Waals surface area contributed by atoms with Crippen LogP contribution >= 0.6 is 0 Å². The summed E-state index contributed by atoms with van der Waals surface area (Å²) in [6.45, 7) is 3.70. The van der Waals surface area contributed by atoms with E-state index in [2.05, 4.69) is 17.1 Å². The van der Waals surface area contributed by atoms with Gasteiger partial charge in [-0.05, 0) is 50.4 Å². The third-order valence-corrected chi connectivity index (χ3v) is 5.56. The minimum atomic E-state index is -0.267. The molecule has 4 atom stereocenters. The van der Waals surface area contributed by atoms with E-state index in [4.69, 9.17) is 4.74 Å². The van der Waals surface area contributed by atoms with E-state index in [1.807, 2.05) is 0 Å². The van der Waals surface area contributed by atoms with Crippen LogP contribution in [0, 0.1) is 11.8 Å². The number of nitrogens with one attached hydrogen (secondary N) is 1. The number of ether oxygens (including phenoxy) is 1. The Morgan fingerprint density at radius 2 is 2.09 bits per heavy atom. The molecule has 0 spiro atoms. The van der Waals surface area contributed by atoms with Crippen LogP contribution in [-0.4, -0.2) is 42.1 Å². The highest BCUT2D eigenvalue weighted by molar-refractivity contribution is 5.77. The van der Waals surface area contributed by atoms with Crippen molar-refractivity contribution in [3.05, 3.63) is 0 Å². The summed E-state index contributed by atoms with van der Waals surface area (Å²) in [4.78, 5) is 26.2. The maximum atomic E-state index is 12.2. The van der Waals surface area contributed by atoms with Crippen molar-refractivity contribution >= 4 is 12.0 Å². The summed E-state index contributed by atoms with van der Waals surface area (Å²) in [6.07, 6.45) is 7.52. The number of alkyl carbamates (subject to hydrolysis) is 1. The van der Waals surface area contributed by atoms with Crippen LogP contribution in [-0.2, 0) is 9.53 Å². The van der Waals surface area contributed by atoms with Gasteiger partial charge in [-0.2, -0.15) is 0 Å². The predicted octanol–water partition coefficient (Wildman–Crippen LogP) is 2.69. The van der Waals surface area contributed by atoms with E-state index in [1.54, 1.807) is 0 Å². The fourth-order valence-corrected chi connectivity index (χ4v) is 4.58. The van der Waals surface area contributed by atoms with Crippen molar-refractivity contribution in [3.63, 3.8) is 0 Å². The smallest absolute Gasteiger partial charge is 0.407 e. The largest absolute Gasteiger partial charge is 0.446 e. The summed E-state index contributed by atoms with van der Waals surface area (Å²) in [6, 6.07) is 0.415. The first-order valence-electron chi connectivity index (χ1n) is 8.93. The summed E-state index contributed by atoms with van der Waals surface area (Å²) < 4.78 is 5.65. The van der Waals surface area contributed by atoms with Crippen molar-refractivity contribution in [1.29, 1.82) is 0 Å². The molecule has 2 heterocycles. The van der Waals surface area contributed by atoms with Crippen LogP contribution in [0.1, 0.15) is 58.3 Å². The predicted molar refractivity (Wildman–Crippen MR) is 83.4 cm³/mol. The molecule has 124 valence electrons. The van der Waals surface area contributed by atoms with Crippen LogP contribution in [0.15, 0.2) is 0 Å². The molecule has 3 rings (SSSR count). The average Bonchev–Trinajstić information content (AvgIpc) is 2.84. The normalized spacial score (nSPS) is 34.0. The molecule has 0 radical (unpaired) electrons. The molecular weight excluding hydrogens is 280 g/mol. The summed E-state index contributed by atoms with van der Waals surface area (Å²) >= 11 is 0. The van der Waals surface area contributed by atoms with E-state index < -0.39 is 0 Å². The lowest BCUT2D eigenvalue weighted by atomic mass is 9.74. The highest BCUT2D eigenvalue weighted by Gasteiger charge is 2.48. The molecule has 2 amide bonds. The Balaban J connectivity index is 1.57. The van der Waals surface area contributed by atoms with Crippen molar-refractivity contribution in [1.82, 2.24) is 10.2 Å². The molecule has 3 fully saturated rings. The zero-order chi connectivity index (χ0) is 15.5. The van der Waals surface area contributed by atoms with Gasteiger partial charge in [0.15, 0.2) is 0 Å². The number of nitrogens with zero attached hydrogens (tertiary/aromatic N) is 1. The van der Waals surface area contributed by atoms with Gasteiger partial charge in [-0.1, -0.05) is 13.3 Å². The number of hydrogen-bond acceptors (Lipinski definition) is 3. The number of carbonyl (C=O) groups is 2. The monoisotopic (exact) mass is 308 g/mol. The highest BCUT2D eigenvalue weighted by Crippen LogP contribution is 2.44. The number of carbonyl (C=O) groups excluding carboxylic acids is 2. The van der Waals surface area contributed by atoms with E-state index >= 15 is 0 Å². The van der Waals surface area contributed by atoms with E-state index in [0.29, 0.717) is 36.8 Å². The molecule has 4 unspecified atom stereocenters. The van der Waals surface area contributed by atoms with Crippen molar-refractivity contribution in [2.24, 2.45) is 11.8 Å². The Hall–Kier alpha value is -1.26. The molecule has 5 nitrogen and oxygen atoms in total. The molecule has 1 saturated carbocycles. The lowest BCUT2D eigenvalue weighted by Crippen LogP contribution is -2.47. The Labute approximate surface area is 132 Å². The molecule has 3 aliphatic rings.